The Morgan fingerprint density at radius 1 is 0.951 bits per heavy atom. The van der Waals surface area contributed by atoms with E-state index in [1.807, 2.05) is 0 Å². The molecule has 3 fully saturated rings. The lowest BCUT2D eigenvalue weighted by atomic mass is 9.94. The zero-order valence-electron chi connectivity index (χ0n) is 22.0. The van der Waals surface area contributed by atoms with Gasteiger partial charge in [-0.05, 0) is 12.8 Å². The Labute approximate surface area is 234 Å². The minimum atomic E-state index is -5.40. The lowest BCUT2D eigenvalue weighted by Crippen LogP contribution is -2.37. The molecule has 18 N–H and O–H groups in total. The van der Waals surface area contributed by atoms with Gasteiger partial charge in [0, 0.05) is 12.8 Å². The minimum absolute atomic E-state index is 0. The van der Waals surface area contributed by atoms with Gasteiger partial charge >= 0.3 is 23.0 Å². The fraction of sp³-hybridized carbons (Fsp3) is 0.706. The van der Waals surface area contributed by atoms with Crippen molar-refractivity contribution in [1.82, 2.24) is 44.1 Å². The summed E-state index contributed by atoms with van der Waals surface area (Å²) in [5, 5.41) is 0. The first-order valence-corrected chi connectivity index (χ1v) is 16.3. The smallest absolute Gasteiger partial charge is 0.382 e. The number of aromatic nitrogens is 4. The average molecular weight is 653 g/mol. The summed E-state index contributed by atoms with van der Waals surface area (Å²) >= 11 is 0. The van der Waals surface area contributed by atoms with Crippen molar-refractivity contribution in [3.8, 4) is 0 Å². The number of nitrogens with zero attached hydrogens (tertiary/aromatic N) is 4. The molecule has 1 spiro atoms. The van der Waals surface area contributed by atoms with Crippen LogP contribution in [-0.2, 0) is 36.7 Å². The molecular weight excluding hydrogens is 615 g/mol. The molecule has 24 heteroatoms. The first kappa shape index (κ1) is 37.5. The summed E-state index contributed by atoms with van der Waals surface area (Å²) in [6.45, 7) is -0.565. The van der Waals surface area contributed by atoms with Crippen LogP contribution in [-0.4, -0.2) is 75.7 Å². The number of nitrogen functional groups attached to an aromatic ring is 1. The molecule has 238 valence electrons. The summed E-state index contributed by atoms with van der Waals surface area (Å²) in [5.74, 6) is -2.24. The van der Waals surface area contributed by atoms with E-state index in [1.54, 1.807) is 4.57 Å². The summed E-state index contributed by atoms with van der Waals surface area (Å²) < 4.78 is 64.4. The van der Waals surface area contributed by atoms with E-state index >= 15 is 0 Å². The van der Waals surface area contributed by atoms with Crippen molar-refractivity contribution < 1.29 is 56.3 Å². The van der Waals surface area contributed by atoms with Gasteiger partial charge in [-0.15, -0.1) is 0 Å². The third kappa shape index (κ3) is 8.12. The highest BCUT2D eigenvalue weighted by Gasteiger charge is 2.59. The molecule has 0 radical (unpaired) electrons. The van der Waals surface area contributed by atoms with Crippen LogP contribution in [0.3, 0.4) is 0 Å². The molecule has 2 aromatic rings. The van der Waals surface area contributed by atoms with E-state index in [2.05, 4.69) is 19.3 Å². The van der Waals surface area contributed by atoms with E-state index in [0.29, 0.717) is 24.0 Å². The van der Waals surface area contributed by atoms with E-state index < -0.39 is 65.9 Å². The zero-order valence-corrected chi connectivity index (χ0v) is 24.7. The van der Waals surface area contributed by atoms with E-state index in [0.717, 1.165) is 19.3 Å². The summed E-state index contributed by atoms with van der Waals surface area (Å²) in [6.07, 6.45) is 3.60. The van der Waals surface area contributed by atoms with Crippen molar-refractivity contribution >= 4 is 40.0 Å². The molecule has 0 bridgehead atoms. The maximum absolute atomic E-state index is 12.5. The summed E-state index contributed by atoms with van der Waals surface area (Å²) in [6, 6.07) is 0. The van der Waals surface area contributed by atoms with Gasteiger partial charge in [-0.25, -0.2) is 23.8 Å². The maximum Gasteiger partial charge on any atom is 0.476 e. The second-order valence-corrected chi connectivity index (χ2v) is 14.6. The second-order valence-electron chi connectivity index (χ2n) is 9.07. The highest BCUT2D eigenvalue weighted by Crippen LogP contribution is 2.65. The topological polar surface area (TPSA) is 388 Å². The zero-order chi connectivity index (χ0) is 26.6. The van der Waals surface area contributed by atoms with Crippen molar-refractivity contribution in [2.24, 2.45) is 0 Å². The molecular formula is C17H38N9O12P3. The lowest BCUT2D eigenvalue weighted by molar-refractivity contribution is -0.232. The number of nitrogens with two attached hydrogens (primary N) is 1. The van der Waals surface area contributed by atoms with Crippen molar-refractivity contribution in [3.63, 3.8) is 0 Å². The van der Waals surface area contributed by atoms with Crippen LogP contribution in [0.5, 0.6) is 0 Å². The largest absolute Gasteiger partial charge is 0.476 e. The SMILES string of the molecule is N.N.N.N.Nc1ncnc2c1ncn2[C@@H]1O[C@H](COP(=O)(O)CP(=O)(O)OP(=O)(O)O)[C@H]2OC3(CCCCC3)O[C@H]21. The number of hydrogen-bond acceptors (Lipinski definition) is 16. The molecule has 0 aromatic carbocycles. The Bertz CT molecular complexity index is 1320. The average Bonchev–Trinajstić information content (AvgIpc) is 3.43. The Hall–Kier alpha value is -1.48. The molecule has 2 saturated heterocycles. The van der Waals surface area contributed by atoms with Crippen LogP contribution in [0.4, 0.5) is 5.82 Å². The van der Waals surface area contributed by atoms with Gasteiger partial charge in [-0.3, -0.25) is 13.7 Å². The third-order valence-electron chi connectivity index (χ3n) is 6.30. The van der Waals surface area contributed by atoms with Crippen LogP contribution < -0.4 is 30.3 Å². The van der Waals surface area contributed by atoms with E-state index in [-0.39, 0.29) is 30.4 Å². The highest BCUT2D eigenvalue weighted by molar-refractivity contribution is 7.74. The van der Waals surface area contributed by atoms with Gasteiger partial charge in [0.1, 0.15) is 30.2 Å². The number of ether oxygens (including phenoxy) is 3. The number of phosphoric acid groups is 1. The van der Waals surface area contributed by atoms with Crippen LogP contribution in [0, 0.1) is 0 Å². The molecule has 6 atom stereocenters. The Morgan fingerprint density at radius 2 is 1.59 bits per heavy atom. The molecule has 2 unspecified atom stereocenters. The van der Waals surface area contributed by atoms with Crippen LogP contribution >= 0.6 is 23.0 Å². The van der Waals surface area contributed by atoms with Gasteiger partial charge < -0.3 is 68.6 Å². The predicted octanol–water partition coefficient (Wildman–Crippen LogP) is 1.85. The number of rotatable bonds is 8. The third-order valence-corrected chi connectivity index (χ3v) is 11.6. The molecule has 5 rings (SSSR count). The monoisotopic (exact) mass is 653 g/mol. The Morgan fingerprint density at radius 3 is 2.22 bits per heavy atom. The number of fused-ring (bicyclic) bond motifs is 2. The van der Waals surface area contributed by atoms with E-state index in [4.69, 9.17) is 34.3 Å². The van der Waals surface area contributed by atoms with Crippen molar-refractivity contribution in [3.05, 3.63) is 12.7 Å². The molecule has 21 nitrogen and oxygen atoms in total. The molecule has 1 saturated carbocycles. The molecule has 4 heterocycles. The molecule has 3 aliphatic rings. The first-order valence-electron chi connectivity index (χ1n) is 11.3. The van der Waals surface area contributed by atoms with E-state index in [9.17, 15) is 23.5 Å². The number of hydrogen-bond donors (Lipinski definition) is 9. The number of anilines is 1. The lowest BCUT2D eigenvalue weighted by Gasteiger charge is -2.34. The van der Waals surface area contributed by atoms with Gasteiger partial charge in [0.15, 0.2) is 29.4 Å². The van der Waals surface area contributed by atoms with Gasteiger partial charge in [0.2, 0.25) is 0 Å². The quantitative estimate of drug-likeness (QED) is 0.183. The summed E-state index contributed by atoms with van der Waals surface area (Å²) in [5.41, 5.74) is 6.61. The fourth-order valence-corrected chi connectivity index (χ4v) is 9.40. The molecule has 41 heavy (non-hydrogen) atoms. The fourth-order valence-electron chi connectivity index (χ4n) is 4.89. The first-order chi connectivity index (χ1) is 17.3. The van der Waals surface area contributed by atoms with E-state index in [1.165, 1.54) is 12.7 Å². The minimum Gasteiger partial charge on any atom is -0.382 e. The van der Waals surface area contributed by atoms with Crippen LogP contribution in [0.25, 0.3) is 11.2 Å². The molecule has 0 amide bonds. The van der Waals surface area contributed by atoms with Crippen molar-refractivity contribution in [1.29, 1.82) is 0 Å². The van der Waals surface area contributed by atoms with Gasteiger partial charge in [0.05, 0.1) is 12.9 Å². The maximum atomic E-state index is 12.5. The Kier molecular flexibility index (Phi) is 12.3. The second kappa shape index (κ2) is 13.4. The standard InChI is InChI=1S/C17H26N5O12P3.4H3N/c18-14-11-15(20-7-19-14)22(8-21-11)16-13-12(32-17(33-13)4-2-1-3-5-17)10(31-16)6-30-35(23,24)9-36(25,26)34-37(27,28)29;;;;/h7-8,10,12-13,16H,1-6,9H2,(H,23,24)(H,25,26)(H2,18,19,20)(H2,27,28,29);4*1H3/t10-,12-,13-,16-;;;;/m1..../s1. The van der Waals surface area contributed by atoms with Crippen molar-refractivity contribution in [2.45, 2.75) is 62.4 Å². The highest BCUT2D eigenvalue weighted by atomic mass is 31.3. The van der Waals surface area contributed by atoms with Crippen molar-refractivity contribution in [2.75, 3.05) is 18.2 Å². The van der Waals surface area contributed by atoms with Crippen LogP contribution in [0.15, 0.2) is 12.7 Å². The number of imidazole rings is 1. The molecule has 2 aromatic heterocycles. The van der Waals surface area contributed by atoms with Crippen LogP contribution in [0.1, 0.15) is 38.3 Å². The van der Waals surface area contributed by atoms with Gasteiger partial charge in [0.25, 0.3) is 0 Å². The Balaban J connectivity index is 0.00000210. The summed E-state index contributed by atoms with van der Waals surface area (Å²) in [7, 11) is -15.4. The molecule has 1 aliphatic carbocycles. The normalized spacial score (nSPS) is 27.8. The molecule has 2 aliphatic heterocycles. The predicted molar refractivity (Wildman–Crippen MR) is 143 cm³/mol. The van der Waals surface area contributed by atoms with Crippen LogP contribution in [0.2, 0.25) is 0 Å². The van der Waals surface area contributed by atoms with Gasteiger partial charge in [-0.1, -0.05) is 6.42 Å². The van der Waals surface area contributed by atoms with Gasteiger partial charge in [-0.2, -0.15) is 0 Å². The summed E-state index contributed by atoms with van der Waals surface area (Å²) in [4.78, 5) is 49.6.